The average Bonchev–Trinajstić information content (AvgIpc) is 3.70. The number of hydrogen-bond donors (Lipinski definition) is 0. The van der Waals surface area contributed by atoms with Crippen molar-refractivity contribution >= 4 is 31.5 Å². The summed E-state index contributed by atoms with van der Waals surface area (Å²) < 4.78 is 2.75. The van der Waals surface area contributed by atoms with Crippen LogP contribution in [0, 0.1) is 0 Å². The Bertz CT molecular complexity index is 2350. The van der Waals surface area contributed by atoms with Gasteiger partial charge in [-0.3, -0.25) is 0 Å². The molecule has 0 radical (unpaired) electrons. The third-order valence-corrected chi connectivity index (χ3v) is 11.8. The molecule has 0 nitrogen and oxygen atoms in total. The molecule has 0 aliphatic heterocycles. The van der Waals surface area contributed by atoms with E-state index in [9.17, 15) is 0 Å². The smallest absolute Gasteiger partial charge is 0.0732 e. The lowest BCUT2D eigenvalue weighted by molar-refractivity contribution is 0.621. The Kier molecular flexibility index (Phi) is 3.22. The van der Waals surface area contributed by atoms with E-state index in [2.05, 4.69) is 122 Å². The van der Waals surface area contributed by atoms with E-state index in [1.165, 1.54) is 92.5 Å². The molecule has 0 bridgehead atoms. The minimum Gasteiger partial charge on any atom is -0.135 e. The summed E-state index contributed by atoms with van der Waals surface area (Å²) in [6.45, 7) is 2.50. The summed E-state index contributed by atoms with van der Waals surface area (Å²) in [4.78, 5) is 0. The molecule has 0 fully saturated rings. The highest BCUT2D eigenvalue weighted by atomic mass is 32.1. The Labute approximate surface area is 236 Å². The average molecular weight is 523 g/mol. The van der Waals surface area contributed by atoms with Gasteiger partial charge in [0.2, 0.25) is 0 Å². The summed E-state index contributed by atoms with van der Waals surface area (Å²) in [6.07, 6.45) is 0. The molecule has 7 aromatic rings. The highest BCUT2D eigenvalue weighted by Gasteiger charge is 2.62. The maximum Gasteiger partial charge on any atom is 0.0732 e. The molecule has 2 unspecified atom stereocenters. The van der Waals surface area contributed by atoms with Crippen molar-refractivity contribution in [2.24, 2.45) is 0 Å². The lowest BCUT2D eigenvalue weighted by Crippen LogP contribution is -2.39. The van der Waals surface area contributed by atoms with Crippen LogP contribution in [0.3, 0.4) is 0 Å². The Morgan fingerprint density at radius 3 is 2.02 bits per heavy atom. The van der Waals surface area contributed by atoms with Gasteiger partial charge in [-0.05, 0) is 91.4 Å². The quantitative estimate of drug-likeness (QED) is 0.186. The standard InChI is InChI=1S/C39H22S/c1-38-27-13-5-2-9-21(27)24-17-18-26-33-29(19-20-32-34(33)25-11-4-7-16-31(25)40-32)39(37(26)36(24)38)28-14-6-3-10-22(28)23-12-8-15-30(38)35(23)39/h2-20H,1H3. The molecule has 0 N–H and O–H groups in total. The van der Waals surface area contributed by atoms with E-state index >= 15 is 0 Å². The molecule has 0 amide bonds. The molecule has 4 aliphatic rings. The Balaban J connectivity index is 1.46. The number of benzene rings is 6. The van der Waals surface area contributed by atoms with Gasteiger partial charge in [-0.2, -0.15) is 0 Å². The van der Waals surface area contributed by atoms with Crippen molar-refractivity contribution < 1.29 is 0 Å². The van der Waals surface area contributed by atoms with Gasteiger partial charge in [0.15, 0.2) is 0 Å². The van der Waals surface area contributed by atoms with Gasteiger partial charge < -0.3 is 0 Å². The van der Waals surface area contributed by atoms with E-state index < -0.39 is 0 Å². The van der Waals surface area contributed by atoms with E-state index in [-0.39, 0.29) is 10.8 Å². The minimum absolute atomic E-state index is 0.188. The van der Waals surface area contributed by atoms with Crippen molar-refractivity contribution in [2.75, 3.05) is 0 Å². The summed E-state index contributed by atoms with van der Waals surface area (Å²) in [6, 6.07) is 44.3. The fraction of sp³-hybridized carbons (Fsp3) is 0.0769. The summed E-state index contributed by atoms with van der Waals surface area (Å²) in [7, 11) is 0. The van der Waals surface area contributed by atoms with Crippen molar-refractivity contribution in [2.45, 2.75) is 17.8 Å². The van der Waals surface area contributed by atoms with Crippen LogP contribution in [0.5, 0.6) is 0 Å². The maximum absolute atomic E-state index is 2.50. The fourth-order valence-electron chi connectivity index (χ4n) is 9.37. The minimum atomic E-state index is -0.294. The van der Waals surface area contributed by atoms with Crippen LogP contribution < -0.4 is 0 Å². The SMILES string of the molecule is CC12c3ccccc3-c3ccc4c(c31)C1(c3ccccc3-c3cccc2c31)c1ccc2sc3ccccc3c2c1-4. The first-order chi connectivity index (χ1) is 19.7. The van der Waals surface area contributed by atoms with Gasteiger partial charge in [-0.1, -0.05) is 103 Å². The summed E-state index contributed by atoms with van der Waals surface area (Å²) in [5, 5.41) is 2.81. The largest absolute Gasteiger partial charge is 0.135 e. The Morgan fingerprint density at radius 2 is 1.12 bits per heavy atom. The summed E-state index contributed by atoms with van der Waals surface area (Å²) in [5.41, 5.74) is 18.4. The lowest BCUT2D eigenvalue weighted by Gasteiger charge is -2.44. The highest BCUT2D eigenvalue weighted by molar-refractivity contribution is 7.26. The molecule has 6 aromatic carbocycles. The molecule has 184 valence electrons. The van der Waals surface area contributed by atoms with Gasteiger partial charge in [0.05, 0.1) is 5.41 Å². The van der Waals surface area contributed by atoms with Crippen LogP contribution in [0.1, 0.15) is 45.9 Å². The van der Waals surface area contributed by atoms with Crippen molar-refractivity contribution in [1.29, 1.82) is 0 Å². The number of hydrogen-bond acceptors (Lipinski definition) is 1. The van der Waals surface area contributed by atoms with E-state index in [4.69, 9.17) is 0 Å². The van der Waals surface area contributed by atoms with Crippen molar-refractivity contribution in [3.63, 3.8) is 0 Å². The molecule has 1 aromatic heterocycles. The Hall–Kier alpha value is -4.46. The van der Waals surface area contributed by atoms with Gasteiger partial charge in [-0.25, -0.2) is 0 Å². The highest BCUT2D eigenvalue weighted by Crippen LogP contribution is 2.73. The molecule has 2 atom stereocenters. The van der Waals surface area contributed by atoms with Crippen LogP contribution in [0.15, 0.2) is 115 Å². The zero-order chi connectivity index (χ0) is 26.0. The Morgan fingerprint density at radius 1 is 0.450 bits per heavy atom. The van der Waals surface area contributed by atoms with Gasteiger partial charge in [0, 0.05) is 25.6 Å². The fourth-order valence-corrected chi connectivity index (χ4v) is 10.5. The number of thiophene rings is 1. The molecule has 40 heavy (non-hydrogen) atoms. The molecular formula is C39H22S. The second-order valence-corrected chi connectivity index (χ2v) is 13.1. The van der Waals surface area contributed by atoms with Crippen LogP contribution in [0.25, 0.3) is 53.6 Å². The van der Waals surface area contributed by atoms with E-state index in [1.807, 2.05) is 11.3 Å². The van der Waals surface area contributed by atoms with Gasteiger partial charge in [0.1, 0.15) is 0 Å². The predicted octanol–water partition coefficient (Wildman–Crippen LogP) is 10.0. The normalized spacial score (nSPS) is 21.3. The molecule has 1 spiro atoms. The third-order valence-electron chi connectivity index (χ3n) is 10.7. The van der Waals surface area contributed by atoms with E-state index in [0.29, 0.717) is 0 Å². The second-order valence-electron chi connectivity index (χ2n) is 12.1. The van der Waals surface area contributed by atoms with E-state index in [0.717, 1.165) is 0 Å². The zero-order valence-corrected chi connectivity index (χ0v) is 22.7. The predicted molar refractivity (Wildman–Crippen MR) is 167 cm³/mol. The molecule has 11 rings (SSSR count). The number of rotatable bonds is 0. The monoisotopic (exact) mass is 522 g/mol. The summed E-state index contributed by atoms with van der Waals surface area (Å²) >= 11 is 1.93. The maximum atomic E-state index is 2.50. The zero-order valence-electron chi connectivity index (χ0n) is 21.9. The first-order valence-electron chi connectivity index (χ1n) is 14.2. The molecule has 4 aliphatic carbocycles. The first-order valence-corrected chi connectivity index (χ1v) is 15.0. The van der Waals surface area contributed by atoms with Crippen molar-refractivity contribution in [3.05, 3.63) is 154 Å². The van der Waals surface area contributed by atoms with E-state index in [1.54, 1.807) is 0 Å². The van der Waals surface area contributed by atoms with Gasteiger partial charge in [0.25, 0.3) is 0 Å². The van der Waals surface area contributed by atoms with Crippen LogP contribution in [0.4, 0.5) is 0 Å². The molecule has 0 saturated carbocycles. The molecule has 0 saturated heterocycles. The van der Waals surface area contributed by atoms with Crippen molar-refractivity contribution in [1.82, 2.24) is 0 Å². The molecule has 1 heteroatoms. The van der Waals surface area contributed by atoms with Gasteiger partial charge >= 0.3 is 0 Å². The van der Waals surface area contributed by atoms with Gasteiger partial charge in [-0.15, -0.1) is 11.3 Å². The van der Waals surface area contributed by atoms with Crippen molar-refractivity contribution in [3.8, 4) is 33.4 Å². The van der Waals surface area contributed by atoms with Crippen LogP contribution in [-0.2, 0) is 10.8 Å². The summed E-state index contributed by atoms with van der Waals surface area (Å²) in [5.74, 6) is 0. The molecular weight excluding hydrogens is 500 g/mol. The van der Waals surface area contributed by atoms with Crippen LogP contribution in [0.2, 0.25) is 0 Å². The second kappa shape index (κ2) is 6.30. The van der Waals surface area contributed by atoms with Crippen LogP contribution in [-0.4, -0.2) is 0 Å². The third kappa shape index (κ3) is 1.85. The molecule has 1 heterocycles. The lowest BCUT2D eigenvalue weighted by atomic mass is 9.56. The topological polar surface area (TPSA) is 0 Å². The first kappa shape index (κ1) is 20.4. The van der Waals surface area contributed by atoms with Crippen LogP contribution >= 0.6 is 11.3 Å². The number of fused-ring (bicyclic) bond motifs is 12.